The van der Waals surface area contributed by atoms with Crippen LogP contribution in [0.4, 0.5) is 11.4 Å². The van der Waals surface area contributed by atoms with Gasteiger partial charge in [-0.15, -0.1) is 0 Å². The van der Waals surface area contributed by atoms with Crippen molar-refractivity contribution >= 4 is 43.3 Å². The molecule has 8 nitrogen and oxygen atoms in total. The lowest BCUT2D eigenvalue weighted by molar-refractivity contribution is -0.385. The van der Waals surface area contributed by atoms with Gasteiger partial charge in [0, 0.05) is 16.6 Å². The van der Waals surface area contributed by atoms with Crippen LogP contribution in [0.5, 0.6) is 0 Å². The Bertz CT molecular complexity index is 942. The van der Waals surface area contributed by atoms with Crippen molar-refractivity contribution in [1.29, 1.82) is 0 Å². The van der Waals surface area contributed by atoms with E-state index in [1.165, 1.54) is 31.2 Å². The van der Waals surface area contributed by atoms with Crippen LogP contribution in [0, 0.1) is 17.0 Å². The normalized spacial score (nSPS) is 11.1. The zero-order valence-corrected chi connectivity index (χ0v) is 14.6. The Morgan fingerprint density at radius 1 is 1.25 bits per heavy atom. The van der Waals surface area contributed by atoms with Crippen LogP contribution in [0.2, 0.25) is 0 Å². The van der Waals surface area contributed by atoms with E-state index in [1.54, 1.807) is 0 Å². The van der Waals surface area contributed by atoms with Gasteiger partial charge < -0.3 is 5.11 Å². The second-order valence-corrected chi connectivity index (χ2v) is 7.41. The second kappa shape index (κ2) is 6.57. The molecule has 0 saturated carbocycles. The number of halogens is 1. The highest BCUT2D eigenvalue weighted by Crippen LogP contribution is 2.26. The summed E-state index contributed by atoms with van der Waals surface area (Å²) in [6.07, 6.45) is 0. The molecular weight excluding hydrogens is 404 g/mol. The number of nitro groups is 1. The van der Waals surface area contributed by atoms with Crippen molar-refractivity contribution in [3.8, 4) is 0 Å². The number of carboxylic acid groups (broad SMARTS) is 1. The molecule has 2 aromatic rings. The summed E-state index contributed by atoms with van der Waals surface area (Å²) in [5, 5.41) is 19.9. The van der Waals surface area contributed by atoms with Crippen molar-refractivity contribution < 1.29 is 23.2 Å². The third-order valence-corrected chi connectivity index (χ3v) is 5.05. The van der Waals surface area contributed by atoms with Gasteiger partial charge in [-0.1, -0.05) is 22.0 Å². The number of aryl methyl sites for hydroxylation is 1. The number of aromatic carboxylic acids is 1. The maximum absolute atomic E-state index is 12.5. The zero-order valence-electron chi connectivity index (χ0n) is 12.2. The number of hydrogen-bond donors (Lipinski definition) is 2. The number of benzene rings is 2. The summed E-state index contributed by atoms with van der Waals surface area (Å²) in [5.74, 6) is -1.22. The number of nitro benzene ring substituents is 1. The quantitative estimate of drug-likeness (QED) is 0.571. The van der Waals surface area contributed by atoms with E-state index in [1.807, 2.05) is 0 Å². The molecule has 2 aromatic carbocycles. The molecule has 0 saturated heterocycles. The summed E-state index contributed by atoms with van der Waals surface area (Å²) in [5.41, 5.74) is -0.131. The topological polar surface area (TPSA) is 127 Å². The van der Waals surface area contributed by atoms with Gasteiger partial charge in [0.25, 0.3) is 15.7 Å². The van der Waals surface area contributed by atoms with E-state index in [-0.39, 0.29) is 21.8 Å². The van der Waals surface area contributed by atoms with Gasteiger partial charge in [-0.2, -0.15) is 0 Å². The van der Waals surface area contributed by atoms with E-state index in [2.05, 4.69) is 20.7 Å². The molecule has 24 heavy (non-hydrogen) atoms. The molecule has 0 radical (unpaired) electrons. The highest BCUT2D eigenvalue weighted by molar-refractivity contribution is 9.10. The fourth-order valence-electron chi connectivity index (χ4n) is 1.97. The number of nitrogens with one attached hydrogen (secondary N) is 1. The molecule has 0 spiro atoms. The van der Waals surface area contributed by atoms with Gasteiger partial charge in [-0.25, -0.2) is 13.2 Å². The minimum absolute atomic E-state index is 0.0210. The lowest BCUT2D eigenvalue weighted by Crippen LogP contribution is -2.15. The number of sulfonamides is 1. The summed E-state index contributed by atoms with van der Waals surface area (Å²) >= 11 is 3.10. The van der Waals surface area contributed by atoms with E-state index in [0.717, 1.165) is 12.1 Å². The van der Waals surface area contributed by atoms with Crippen LogP contribution in [-0.4, -0.2) is 24.4 Å². The molecule has 2 rings (SSSR count). The van der Waals surface area contributed by atoms with E-state index in [0.29, 0.717) is 10.0 Å². The lowest BCUT2D eigenvalue weighted by Gasteiger charge is -2.11. The van der Waals surface area contributed by atoms with Crippen molar-refractivity contribution in [2.24, 2.45) is 0 Å². The molecule has 0 fully saturated rings. The lowest BCUT2D eigenvalue weighted by atomic mass is 10.2. The van der Waals surface area contributed by atoms with Crippen molar-refractivity contribution in [1.82, 2.24) is 0 Å². The van der Waals surface area contributed by atoms with Crippen molar-refractivity contribution in [2.75, 3.05) is 4.72 Å². The molecule has 0 unspecified atom stereocenters. The number of hydrogen-bond acceptors (Lipinski definition) is 5. The van der Waals surface area contributed by atoms with E-state index in [4.69, 9.17) is 5.11 Å². The molecule has 10 heteroatoms. The Morgan fingerprint density at radius 3 is 2.50 bits per heavy atom. The third kappa shape index (κ3) is 3.89. The number of non-ortho nitro benzene ring substituents is 1. The van der Waals surface area contributed by atoms with Crippen LogP contribution in [-0.2, 0) is 10.0 Å². The molecular formula is C14H11BrN2O6S. The first-order valence-corrected chi connectivity index (χ1v) is 8.69. The summed E-state index contributed by atoms with van der Waals surface area (Å²) in [6, 6.07) is 7.34. The van der Waals surface area contributed by atoms with Gasteiger partial charge in [0.15, 0.2) is 0 Å². The molecule has 0 atom stereocenters. The van der Waals surface area contributed by atoms with E-state index >= 15 is 0 Å². The fraction of sp³-hybridized carbons (Fsp3) is 0.0714. The first-order chi connectivity index (χ1) is 11.1. The molecule has 0 aliphatic carbocycles. The van der Waals surface area contributed by atoms with Crippen LogP contribution in [0.15, 0.2) is 45.8 Å². The molecule has 0 heterocycles. The second-order valence-electron chi connectivity index (χ2n) is 4.85. The fourth-order valence-corrected chi connectivity index (χ4v) is 3.77. The average Bonchev–Trinajstić information content (AvgIpc) is 2.45. The predicted molar refractivity (Wildman–Crippen MR) is 89.7 cm³/mol. The summed E-state index contributed by atoms with van der Waals surface area (Å²) in [6.45, 7) is 1.50. The van der Waals surface area contributed by atoms with Crippen LogP contribution in [0.1, 0.15) is 15.9 Å². The van der Waals surface area contributed by atoms with Crippen LogP contribution in [0.25, 0.3) is 0 Å². The van der Waals surface area contributed by atoms with Gasteiger partial charge in [0.05, 0.1) is 21.1 Å². The average molecular weight is 415 g/mol. The molecule has 0 aliphatic heterocycles. The van der Waals surface area contributed by atoms with Crippen LogP contribution in [0.3, 0.4) is 0 Å². The first kappa shape index (κ1) is 17.9. The Hall–Kier alpha value is -2.46. The molecule has 0 aromatic heterocycles. The Kier molecular flexibility index (Phi) is 4.90. The standard InChI is InChI=1S/C14H11BrN2O6S/c1-8-2-3-12(17(20)21)7-13(8)24(22,23)16-11-5-9(14(18)19)4-10(15)6-11/h2-7,16H,1H3,(H,18,19). The molecule has 2 N–H and O–H groups in total. The number of carboxylic acids is 1. The summed E-state index contributed by atoms with van der Waals surface area (Å²) in [4.78, 5) is 20.9. The van der Waals surface area contributed by atoms with Crippen molar-refractivity contribution in [3.05, 3.63) is 62.1 Å². The SMILES string of the molecule is Cc1ccc([N+](=O)[O-])cc1S(=O)(=O)Nc1cc(Br)cc(C(=O)O)c1. The minimum Gasteiger partial charge on any atom is -0.478 e. The Labute approximate surface area is 145 Å². The highest BCUT2D eigenvalue weighted by Gasteiger charge is 2.21. The number of rotatable bonds is 5. The highest BCUT2D eigenvalue weighted by atomic mass is 79.9. The first-order valence-electron chi connectivity index (χ1n) is 6.42. The van der Waals surface area contributed by atoms with Crippen LogP contribution >= 0.6 is 15.9 Å². The molecule has 0 aliphatic rings. The Balaban J connectivity index is 2.48. The summed E-state index contributed by atoms with van der Waals surface area (Å²) in [7, 11) is -4.13. The smallest absolute Gasteiger partial charge is 0.335 e. The Morgan fingerprint density at radius 2 is 1.92 bits per heavy atom. The zero-order chi connectivity index (χ0) is 18.1. The maximum Gasteiger partial charge on any atom is 0.335 e. The van der Waals surface area contributed by atoms with Crippen molar-refractivity contribution in [3.63, 3.8) is 0 Å². The third-order valence-electron chi connectivity index (χ3n) is 3.07. The van der Waals surface area contributed by atoms with E-state index < -0.39 is 20.9 Å². The number of carbonyl (C=O) groups is 1. The molecule has 0 amide bonds. The van der Waals surface area contributed by atoms with Gasteiger partial charge in [0.1, 0.15) is 0 Å². The van der Waals surface area contributed by atoms with Gasteiger partial charge in [-0.3, -0.25) is 14.8 Å². The molecule has 126 valence electrons. The van der Waals surface area contributed by atoms with Gasteiger partial charge in [-0.05, 0) is 30.7 Å². The minimum atomic E-state index is -4.13. The predicted octanol–water partition coefficient (Wildman–Crippen LogP) is 3.16. The van der Waals surface area contributed by atoms with Crippen molar-refractivity contribution in [2.45, 2.75) is 11.8 Å². The summed E-state index contributed by atoms with van der Waals surface area (Å²) < 4.78 is 27.6. The van der Waals surface area contributed by atoms with E-state index in [9.17, 15) is 23.3 Å². The number of nitrogens with zero attached hydrogens (tertiary/aromatic N) is 1. The van der Waals surface area contributed by atoms with Gasteiger partial charge >= 0.3 is 5.97 Å². The monoisotopic (exact) mass is 414 g/mol. The molecule has 0 bridgehead atoms. The van der Waals surface area contributed by atoms with Gasteiger partial charge in [0.2, 0.25) is 0 Å². The maximum atomic E-state index is 12.5. The largest absolute Gasteiger partial charge is 0.478 e. The number of anilines is 1. The van der Waals surface area contributed by atoms with Crippen LogP contribution < -0.4 is 4.72 Å².